The second-order valence-electron chi connectivity index (χ2n) is 5.83. The van der Waals surface area contributed by atoms with E-state index in [-0.39, 0.29) is 11.8 Å². The lowest BCUT2D eigenvalue weighted by molar-refractivity contribution is 0.161. The third-order valence-electron chi connectivity index (χ3n) is 3.55. The predicted molar refractivity (Wildman–Crippen MR) is 82.3 cm³/mol. The van der Waals surface area contributed by atoms with Crippen LogP contribution in [0, 0.1) is 5.92 Å². The zero-order valence-electron chi connectivity index (χ0n) is 13.1. The molecule has 6 heteroatoms. The van der Waals surface area contributed by atoms with Gasteiger partial charge in [-0.3, -0.25) is 0 Å². The molecule has 0 saturated carbocycles. The van der Waals surface area contributed by atoms with E-state index in [1.807, 2.05) is 6.92 Å². The number of nitrogens with one attached hydrogen (secondary N) is 1. The minimum Gasteiger partial charge on any atom is -0.381 e. The fraction of sp³-hybridized carbons (Fsp3) is 1.00. The van der Waals surface area contributed by atoms with E-state index in [0.717, 1.165) is 32.4 Å². The lowest BCUT2D eigenvalue weighted by Crippen LogP contribution is -2.49. The van der Waals surface area contributed by atoms with Crippen molar-refractivity contribution in [3.8, 4) is 0 Å². The molecule has 20 heavy (non-hydrogen) atoms. The first-order valence-electron chi connectivity index (χ1n) is 7.75. The van der Waals surface area contributed by atoms with Crippen LogP contribution in [-0.4, -0.2) is 57.4 Å². The van der Waals surface area contributed by atoms with E-state index in [1.165, 1.54) is 0 Å². The van der Waals surface area contributed by atoms with Gasteiger partial charge in [-0.05, 0) is 32.2 Å². The van der Waals surface area contributed by atoms with E-state index in [0.29, 0.717) is 25.7 Å². The van der Waals surface area contributed by atoms with Crippen molar-refractivity contribution in [2.24, 2.45) is 5.92 Å². The summed E-state index contributed by atoms with van der Waals surface area (Å²) < 4.78 is 31.7. The van der Waals surface area contributed by atoms with Crippen molar-refractivity contribution < 1.29 is 13.2 Å². The summed E-state index contributed by atoms with van der Waals surface area (Å²) in [6.45, 7) is 9.40. The largest absolute Gasteiger partial charge is 0.381 e. The van der Waals surface area contributed by atoms with Gasteiger partial charge in [0, 0.05) is 25.7 Å². The van der Waals surface area contributed by atoms with Crippen LogP contribution in [0.1, 0.15) is 40.0 Å². The SMILES string of the molecule is CCOCCS(=O)(=O)N1CCCCC1CNCC(C)C. The normalized spacial score (nSPS) is 21.5. The maximum absolute atomic E-state index is 12.4. The number of hydrogen-bond donors (Lipinski definition) is 1. The maximum Gasteiger partial charge on any atom is 0.216 e. The highest BCUT2D eigenvalue weighted by atomic mass is 32.2. The summed E-state index contributed by atoms with van der Waals surface area (Å²) in [5, 5.41) is 3.39. The molecule has 1 heterocycles. The molecule has 1 atom stereocenters. The topological polar surface area (TPSA) is 58.6 Å². The monoisotopic (exact) mass is 306 g/mol. The summed E-state index contributed by atoms with van der Waals surface area (Å²) in [6.07, 6.45) is 3.04. The van der Waals surface area contributed by atoms with Gasteiger partial charge in [0.05, 0.1) is 12.4 Å². The van der Waals surface area contributed by atoms with E-state index >= 15 is 0 Å². The van der Waals surface area contributed by atoms with Crippen LogP contribution in [0.4, 0.5) is 0 Å². The van der Waals surface area contributed by atoms with Gasteiger partial charge in [-0.15, -0.1) is 0 Å². The molecule has 1 rings (SSSR count). The van der Waals surface area contributed by atoms with Crippen LogP contribution >= 0.6 is 0 Å². The van der Waals surface area contributed by atoms with Crippen molar-refractivity contribution in [1.29, 1.82) is 0 Å². The molecule has 0 bridgehead atoms. The van der Waals surface area contributed by atoms with Gasteiger partial charge >= 0.3 is 0 Å². The number of hydrogen-bond acceptors (Lipinski definition) is 4. The van der Waals surface area contributed by atoms with E-state index < -0.39 is 10.0 Å². The first kappa shape index (κ1) is 17.9. The molecule has 1 unspecified atom stereocenters. The molecule has 0 aromatic heterocycles. The first-order chi connectivity index (χ1) is 9.47. The number of sulfonamides is 1. The number of piperidine rings is 1. The average Bonchev–Trinajstić information content (AvgIpc) is 2.39. The Bertz CT molecular complexity index is 357. The summed E-state index contributed by atoms with van der Waals surface area (Å²) in [4.78, 5) is 0. The molecule has 1 aliphatic rings. The molecule has 1 N–H and O–H groups in total. The molecule has 0 aromatic carbocycles. The maximum atomic E-state index is 12.4. The lowest BCUT2D eigenvalue weighted by Gasteiger charge is -2.35. The summed E-state index contributed by atoms with van der Waals surface area (Å²) in [5.41, 5.74) is 0. The second-order valence-corrected chi connectivity index (χ2v) is 7.87. The molecule has 1 aliphatic heterocycles. The highest BCUT2D eigenvalue weighted by Gasteiger charge is 2.31. The van der Waals surface area contributed by atoms with E-state index in [1.54, 1.807) is 4.31 Å². The van der Waals surface area contributed by atoms with Gasteiger partial charge in [0.25, 0.3) is 0 Å². The lowest BCUT2D eigenvalue weighted by atomic mass is 10.0. The van der Waals surface area contributed by atoms with Gasteiger partial charge in [-0.25, -0.2) is 8.42 Å². The summed E-state index contributed by atoms with van der Waals surface area (Å²) in [7, 11) is -3.19. The van der Waals surface area contributed by atoms with Crippen LogP contribution in [0.2, 0.25) is 0 Å². The Morgan fingerprint density at radius 2 is 2.10 bits per heavy atom. The quantitative estimate of drug-likeness (QED) is 0.655. The molecule has 1 fully saturated rings. The minimum absolute atomic E-state index is 0.0987. The first-order valence-corrected chi connectivity index (χ1v) is 9.36. The Morgan fingerprint density at radius 1 is 1.35 bits per heavy atom. The summed E-state index contributed by atoms with van der Waals surface area (Å²) >= 11 is 0. The Morgan fingerprint density at radius 3 is 2.75 bits per heavy atom. The number of ether oxygens (including phenoxy) is 1. The third-order valence-corrected chi connectivity index (χ3v) is 5.43. The average molecular weight is 306 g/mol. The van der Waals surface area contributed by atoms with Gasteiger partial charge < -0.3 is 10.1 Å². The predicted octanol–water partition coefficient (Wildman–Crippen LogP) is 1.45. The molecule has 1 saturated heterocycles. The molecule has 5 nitrogen and oxygen atoms in total. The van der Waals surface area contributed by atoms with Gasteiger partial charge in [-0.2, -0.15) is 4.31 Å². The van der Waals surface area contributed by atoms with Crippen LogP contribution < -0.4 is 5.32 Å². The van der Waals surface area contributed by atoms with Gasteiger partial charge in [0.15, 0.2) is 0 Å². The second kappa shape index (κ2) is 8.97. The Balaban J connectivity index is 2.53. The number of rotatable bonds is 9. The van der Waals surface area contributed by atoms with Crippen LogP contribution in [-0.2, 0) is 14.8 Å². The molecule has 0 aliphatic carbocycles. The molecule has 0 amide bonds. The van der Waals surface area contributed by atoms with Crippen molar-refractivity contribution in [1.82, 2.24) is 9.62 Å². The highest BCUT2D eigenvalue weighted by Crippen LogP contribution is 2.20. The van der Waals surface area contributed by atoms with Crippen LogP contribution in [0.3, 0.4) is 0 Å². The fourth-order valence-electron chi connectivity index (χ4n) is 2.51. The van der Waals surface area contributed by atoms with Crippen molar-refractivity contribution in [2.45, 2.75) is 46.1 Å². The molecule has 0 aromatic rings. The van der Waals surface area contributed by atoms with Crippen molar-refractivity contribution in [3.05, 3.63) is 0 Å². The Labute approximate surface area is 124 Å². The van der Waals surface area contributed by atoms with Crippen LogP contribution in [0.5, 0.6) is 0 Å². The fourth-order valence-corrected chi connectivity index (χ4v) is 4.11. The minimum atomic E-state index is -3.19. The van der Waals surface area contributed by atoms with Crippen molar-refractivity contribution in [2.75, 3.05) is 38.6 Å². The van der Waals surface area contributed by atoms with Crippen LogP contribution in [0.25, 0.3) is 0 Å². The van der Waals surface area contributed by atoms with Crippen molar-refractivity contribution >= 4 is 10.0 Å². The van der Waals surface area contributed by atoms with Gasteiger partial charge in [0.2, 0.25) is 10.0 Å². The van der Waals surface area contributed by atoms with E-state index in [4.69, 9.17) is 4.74 Å². The smallest absolute Gasteiger partial charge is 0.216 e. The zero-order chi connectivity index (χ0) is 15.0. The summed E-state index contributed by atoms with van der Waals surface area (Å²) in [5.74, 6) is 0.684. The highest BCUT2D eigenvalue weighted by molar-refractivity contribution is 7.89. The Kier molecular flexibility index (Phi) is 8.02. The summed E-state index contributed by atoms with van der Waals surface area (Å²) in [6, 6.07) is 0.106. The van der Waals surface area contributed by atoms with E-state index in [2.05, 4.69) is 19.2 Å². The molecule has 0 spiro atoms. The van der Waals surface area contributed by atoms with Gasteiger partial charge in [-0.1, -0.05) is 20.3 Å². The Hall–Kier alpha value is -0.170. The van der Waals surface area contributed by atoms with Crippen molar-refractivity contribution in [3.63, 3.8) is 0 Å². The van der Waals surface area contributed by atoms with Crippen LogP contribution in [0.15, 0.2) is 0 Å². The molecule has 0 radical (unpaired) electrons. The van der Waals surface area contributed by atoms with E-state index in [9.17, 15) is 8.42 Å². The standard InChI is InChI=1S/C14H30N2O3S/c1-4-19-9-10-20(17,18)16-8-6-5-7-14(16)12-15-11-13(2)3/h13-15H,4-12H2,1-3H3. The van der Waals surface area contributed by atoms with Gasteiger partial charge in [0.1, 0.15) is 0 Å². The molecular weight excluding hydrogens is 276 g/mol. The zero-order valence-corrected chi connectivity index (χ0v) is 13.9. The number of nitrogens with zero attached hydrogens (tertiary/aromatic N) is 1. The molecule has 120 valence electrons. The molecular formula is C14H30N2O3S. The third kappa shape index (κ3) is 6.08.